The first-order valence-corrected chi connectivity index (χ1v) is 7.29. The lowest BCUT2D eigenvalue weighted by atomic mass is 10.2. The zero-order valence-electron chi connectivity index (χ0n) is 12.9. The maximum Gasteiger partial charge on any atom is 0.305 e. The predicted octanol–water partition coefficient (Wildman–Crippen LogP) is -0.560. The maximum absolute atomic E-state index is 11.4. The monoisotopic (exact) mass is 300 g/mol. The fourth-order valence-corrected chi connectivity index (χ4v) is 1.48. The number of rotatable bonds is 12. The van der Waals surface area contributed by atoms with E-state index >= 15 is 0 Å². The lowest BCUT2D eigenvalue weighted by Gasteiger charge is -2.10. The van der Waals surface area contributed by atoms with E-state index in [1.54, 1.807) is 0 Å². The Morgan fingerprint density at radius 1 is 1.19 bits per heavy atom. The number of nitrogens with one attached hydrogen (secondary N) is 3. The van der Waals surface area contributed by atoms with Gasteiger partial charge in [0.05, 0.1) is 12.5 Å². The van der Waals surface area contributed by atoms with Gasteiger partial charge in [-0.25, -0.2) is 0 Å². The summed E-state index contributed by atoms with van der Waals surface area (Å²) in [7, 11) is 0. The van der Waals surface area contributed by atoms with E-state index in [4.69, 9.17) is 10.8 Å². The molecule has 1 atom stereocenters. The summed E-state index contributed by atoms with van der Waals surface area (Å²) in [5.74, 6) is -1.51. The van der Waals surface area contributed by atoms with Crippen LogP contribution in [0.5, 0.6) is 0 Å². The molecule has 7 heteroatoms. The Kier molecular flexibility index (Phi) is 11.5. The molecule has 0 radical (unpaired) electrons. The van der Waals surface area contributed by atoms with Crippen LogP contribution in [0.1, 0.15) is 26.7 Å². The number of aliphatic carboxylic acids is 1. The van der Waals surface area contributed by atoms with Gasteiger partial charge in [0, 0.05) is 32.7 Å². The second-order valence-corrected chi connectivity index (χ2v) is 4.85. The molecule has 122 valence electrons. The number of carboxylic acid groups (broad SMARTS) is 1. The second-order valence-electron chi connectivity index (χ2n) is 4.85. The normalized spacial score (nSPS) is 13.0. The Morgan fingerprint density at radius 3 is 2.43 bits per heavy atom. The molecule has 0 unspecified atom stereocenters. The summed E-state index contributed by atoms with van der Waals surface area (Å²) in [6.07, 6.45) is 2.89. The molecule has 0 heterocycles. The molecule has 7 nitrogen and oxygen atoms in total. The predicted molar refractivity (Wildman–Crippen MR) is 83.0 cm³/mol. The summed E-state index contributed by atoms with van der Waals surface area (Å²) in [5.41, 5.74) is 6.79. The first kappa shape index (κ1) is 19.6. The summed E-state index contributed by atoms with van der Waals surface area (Å²) in [4.78, 5) is 21.8. The van der Waals surface area contributed by atoms with Gasteiger partial charge in [0.15, 0.2) is 0 Å². The Labute approximate surface area is 126 Å². The third-order valence-electron chi connectivity index (χ3n) is 2.96. The average Bonchev–Trinajstić information content (AvgIpc) is 2.44. The first-order chi connectivity index (χ1) is 9.97. The van der Waals surface area contributed by atoms with Crippen molar-refractivity contribution in [2.45, 2.75) is 32.7 Å². The number of amides is 1. The average molecular weight is 300 g/mol. The Hall–Kier alpha value is -1.44. The standard InChI is InChI=1S/C14H28N4O3/c1-3-11(2)4-5-16-6-7-17-8-9-18-14(21)12(15)10-13(19)20/h4,12,16-17H,3,5-10,15H2,1-2H3,(H,18,21)(H,19,20)/b11-4-/t12-/m0/s1. The minimum Gasteiger partial charge on any atom is -0.481 e. The number of hydrogen-bond donors (Lipinski definition) is 5. The summed E-state index contributed by atoms with van der Waals surface area (Å²) in [6, 6.07) is -0.988. The third-order valence-corrected chi connectivity index (χ3v) is 2.96. The largest absolute Gasteiger partial charge is 0.481 e. The molecule has 0 aliphatic rings. The first-order valence-electron chi connectivity index (χ1n) is 7.29. The van der Waals surface area contributed by atoms with Crippen molar-refractivity contribution in [3.8, 4) is 0 Å². The van der Waals surface area contributed by atoms with Gasteiger partial charge in [-0.3, -0.25) is 9.59 Å². The van der Waals surface area contributed by atoms with E-state index in [1.807, 2.05) is 0 Å². The highest BCUT2D eigenvalue weighted by Crippen LogP contribution is 1.95. The quantitative estimate of drug-likeness (QED) is 0.244. The topological polar surface area (TPSA) is 116 Å². The number of carbonyl (C=O) groups excluding carboxylic acids is 1. The second kappa shape index (κ2) is 12.3. The van der Waals surface area contributed by atoms with Crippen LogP contribution in [0.15, 0.2) is 11.6 Å². The van der Waals surface area contributed by atoms with Crippen molar-refractivity contribution in [1.82, 2.24) is 16.0 Å². The van der Waals surface area contributed by atoms with Crippen molar-refractivity contribution in [2.75, 3.05) is 32.7 Å². The minimum atomic E-state index is -1.07. The van der Waals surface area contributed by atoms with Crippen LogP contribution in [0.25, 0.3) is 0 Å². The number of nitrogens with two attached hydrogens (primary N) is 1. The van der Waals surface area contributed by atoms with E-state index in [0.29, 0.717) is 13.1 Å². The van der Waals surface area contributed by atoms with Gasteiger partial charge in [-0.05, 0) is 13.3 Å². The molecule has 0 aliphatic heterocycles. The Bertz CT molecular complexity index is 345. The van der Waals surface area contributed by atoms with Crippen LogP contribution in [0.4, 0.5) is 0 Å². The van der Waals surface area contributed by atoms with Gasteiger partial charge in [-0.1, -0.05) is 18.6 Å². The lowest BCUT2D eigenvalue weighted by Crippen LogP contribution is -2.44. The van der Waals surface area contributed by atoms with E-state index < -0.39 is 17.9 Å². The van der Waals surface area contributed by atoms with E-state index in [2.05, 4.69) is 35.9 Å². The smallest absolute Gasteiger partial charge is 0.305 e. The number of allylic oxidation sites excluding steroid dienone is 1. The van der Waals surface area contributed by atoms with Gasteiger partial charge in [0.1, 0.15) is 0 Å². The van der Waals surface area contributed by atoms with Gasteiger partial charge >= 0.3 is 5.97 Å². The molecule has 0 aromatic carbocycles. The maximum atomic E-state index is 11.4. The Balaban J connectivity index is 3.44. The van der Waals surface area contributed by atoms with Crippen LogP contribution in [-0.4, -0.2) is 55.7 Å². The zero-order chi connectivity index (χ0) is 16.1. The van der Waals surface area contributed by atoms with Crippen LogP contribution >= 0.6 is 0 Å². The fourth-order valence-electron chi connectivity index (χ4n) is 1.48. The molecule has 0 aliphatic carbocycles. The minimum absolute atomic E-state index is 0.353. The van der Waals surface area contributed by atoms with Crippen molar-refractivity contribution >= 4 is 11.9 Å². The van der Waals surface area contributed by atoms with E-state index in [-0.39, 0.29) is 6.42 Å². The van der Waals surface area contributed by atoms with Crippen LogP contribution in [0.3, 0.4) is 0 Å². The summed E-state index contributed by atoms with van der Waals surface area (Å²) in [5, 5.41) is 17.6. The van der Waals surface area contributed by atoms with E-state index in [1.165, 1.54) is 5.57 Å². The summed E-state index contributed by atoms with van der Waals surface area (Å²) >= 11 is 0. The van der Waals surface area contributed by atoms with Crippen molar-refractivity contribution in [2.24, 2.45) is 5.73 Å². The molecule has 6 N–H and O–H groups in total. The molecule has 0 spiro atoms. The molecule has 0 aromatic heterocycles. The van der Waals surface area contributed by atoms with Crippen molar-refractivity contribution < 1.29 is 14.7 Å². The molecule has 0 aromatic rings. The summed E-state index contributed by atoms with van der Waals surface area (Å²) < 4.78 is 0. The van der Waals surface area contributed by atoms with Gasteiger partial charge in [-0.2, -0.15) is 0 Å². The zero-order valence-corrected chi connectivity index (χ0v) is 12.9. The fraction of sp³-hybridized carbons (Fsp3) is 0.714. The molecule has 0 rings (SSSR count). The number of hydrogen-bond acceptors (Lipinski definition) is 5. The van der Waals surface area contributed by atoms with Gasteiger partial charge in [0.2, 0.25) is 5.91 Å². The highest BCUT2D eigenvalue weighted by atomic mass is 16.4. The van der Waals surface area contributed by atoms with E-state index in [9.17, 15) is 9.59 Å². The van der Waals surface area contributed by atoms with Gasteiger partial charge < -0.3 is 26.8 Å². The van der Waals surface area contributed by atoms with Crippen molar-refractivity contribution in [3.63, 3.8) is 0 Å². The van der Waals surface area contributed by atoms with Crippen molar-refractivity contribution in [1.29, 1.82) is 0 Å². The molecule has 0 saturated carbocycles. The van der Waals surface area contributed by atoms with Gasteiger partial charge in [-0.15, -0.1) is 0 Å². The highest BCUT2D eigenvalue weighted by Gasteiger charge is 2.15. The number of carbonyl (C=O) groups is 2. The number of carboxylic acids is 1. The molecular formula is C14H28N4O3. The van der Waals surface area contributed by atoms with Crippen LogP contribution in [-0.2, 0) is 9.59 Å². The van der Waals surface area contributed by atoms with Crippen molar-refractivity contribution in [3.05, 3.63) is 11.6 Å². The third kappa shape index (κ3) is 12.0. The molecule has 0 fully saturated rings. The highest BCUT2D eigenvalue weighted by molar-refractivity contribution is 5.85. The molecule has 0 bridgehead atoms. The molecular weight excluding hydrogens is 272 g/mol. The van der Waals surface area contributed by atoms with Gasteiger partial charge in [0.25, 0.3) is 0 Å². The molecule has 0 saturated heterocycles. The van der Waals surface area contributed by atoms with E-state index in [0.717, 1.165) is 26.1 Å². The SMILES string of the molecule is CC/C(C)=C\CNCCNCCNC(=O)[C@@H](N)CC(=O)O. The van der Waals surface area contributed by atoms with Crippen LogP contribution in [0.2, 0.25) is 0 Å². The summed E-state index contributed by atoms with van der Waals surface area (Å²) in [6.45, 7) is 7.80. The Morgan fingerprint density at radius 2 is 1.81 bits per heavy atom. The van der Waals surface area contributed by atoms with Crippen LogP contribution < -0.4 is 21.7 Å². The molecule has 21 heavy (non-hydrogen) atoms. The van der Waals surface area contributed by atoms with Crippen LogP contribution in [0, 0.1) is 0 Å². The molecule has 1 amide bonds. The lowest BCUT2D eigenvalue weighted by molar-refractivity contribution is -0.139.